The van der Waals surface area contributed by atoms with Crippen molar-refractivity contribution < 1.29 is 23.1 Å². The van der Waals surface area contributed by atoms with Crippen LogP contribution in [0.15, 0.2) is 36.4 Å². The van der Waals surface area contributed by atoms with Gasteiger partial charge in [0.15, 0.2) is 17.5 Å². The van der Waals surface area contributed by atoms with Crippen molar-refractivity contribution in [3.8, 4) is 0 Å². The minimum atomic E-state index is -1.57. The summed E-state index contributed by atoms with van der Waals surface area (Å²) >= 11 is 0. The van der Waals surface area contributed by atoms with Gasteiger partial charge in [0.1, 0.15) is 6.04 Å². The molecule has 0 amide bonds. The summed E-state index contributed by atoms with van der Waals surface area (Å²) in [4.78, 5) is 14.7. The Labute approximate surface area is 140 Å². The number of fused-ring (bicyclic) bond motifs is 3. The quantitative estimate of drug-likeness (QED) is 0.624. The Morgan fingerprint density at radius 3 is 2.60 bits per heavy atom. The van der Waals surface area contributed by atoms with Crippen molar-refractivity contribution in [3.05, 3.63) is 70.7 Å². The Kier molecular flexibility index (Phi) is 3.54. The Balaban J connectivity index is 1.94. The van der Waals surface area contributed by atoms with E-state index in [2.05, 4.69) is 10.3 Å². The Bertz CT molecular complexity index is 999. The fraction of sp³-hybridized carbons (Fsp3) is 0.167. The predicted molar refractivity (Wildman–Crippen MR) is 84.7 cm³/mol. The molecule has 25 heavy (non-hydrogen) atoms. The van der Waals surface area contributed by atoms with Crippen molar-refractivity contribution in [1.82, 2.24) is 10.3 Å². The van der Waals surface area contributed by atoms with Gasteiger partial charge in [0.05, 0.1) is 6.04 Å². The number of halogens is 3. The molecule has 2 aromatic carbocycles. The number of H-pyrrole nitrogens is 1. The zero-order valence-corrected chi connectivity index (χ0v) is 12.8. The number of carboxylic acids is 1. The monoisotopic (exact) mass is 346 g/mol. The summed E-state index contributed by atoms with van der Waals surface area (Å²) in [7, 11) is 0. The van der Waals surface area contributed by atoms with Crippen LogP contribution in [0.3, 0.4) is 0 Å². The van der Waals surface area contributed by atoms with Crippen LogP contribution in [0.5, 0.6) is 0 Å². The van der Waals surface area contributed by atoms with E-state index < -0.39 is 35.5 Å². The third-order valence-electron chi connectivity index (χ3n) is 4.59. The highest BCUT2D eigenvalue weighted by Crippen LogP contribution is 2.36. The van der Waals surface area contributed by atoms with Crippen LogP contribution in [-0.4, -0.2) is 22.1 Å². The molecule has 1 aromatic heterocycles. The Morgan fingerprint density at radius 1 is 1.08 bits per heavy atom. The van der Waals surface area contributed by atoms with Crippen LogP contribution in [0.4, 0.5) is 13.2 Å². The van der Waals surface area contributed by atoms with Crippen molar-refractivity contribution in [2.45, 2.75) is 18.5 Å². The van der Waals surface area contributed by atoms with Crippen LogP contribution in [0, 0.1) is 17.5 Å². The standard InChI is InChI=1S/C18H13F3N2O2/c19-11-6-5-9(14(20)15(11)21)16-17-10(7-13(23-16)18(24)25)8-3-1-2-4-12(8)22-17/h1-6,13,16,22-23H,7H2,(H,24,25)/t13-,16+/m0/s1. The van der Waals surface area contributed by atoms with Gasteiger partial charge in [-0.2, -0.15) is 0 Å². The number of benzene rings is 2. The van der Waals surface area contributed by atoms with Gasteiger partial charge in [-0.05, 0) is 17.7 Å². The van der Waals surface area contributed by atoms with E-state index in [4.69, 9.17) is 0 Å². The van der Waals surface area contributed by atoms with Crippen molar-refractivity contribution in [3.63, 3.8) is 0 Å². The summed E-state index contributed by atoms with van der Waals surface area (Å²) in [6, 6.07) is 7.38. The van der Waals surface area contributed by atoms with Gasteiger partial charge in [-0.25, -0.2) is 13.2 Å². The van der Waals surface area contributed by atoms with Gasteiger partial charge in [-0.1, -0.05) is 24.3 Å². The highest BCUT2D eigenvalue weighted by molar-refractivity contribution is 5.87. The molecule has 0 radical (unpaired) electrons. The molecule has 0 aliphatic carbocycles. The van der Waals surface area contributed by atoms with Crippen LogP contribution in [0.2, 0.25) is 0 Å². The molecule has 2 heterocycles. The fourth-order valence-electron chi connectivity index (χ4n) is 3.40. The first-order valence-corrected chi connectivity index (χ1v) is 7.69. The topological polar surface area (TPSA) is 65.1 Å². The van der Waals surface area contributed by atoms with E-state index in [1.165, 1.54) is 0 Å². The number of aliphatic carboxylic acids is 1. The molecule has 3 N–H and O–H groups in total. The molecule has 0 bridgehead atoms. The number of aromatic nitrogens is 1. The highest BCUT2D eigenvalue weighted by atomic mass is 19.2. The summed E-state index contributed by atoms with van der Waals surface area (Å²) in [6.07, 6.45) is 0.205. The van der Waals surface area contributed by atoms with E-state index in [-0.39, 0.29) is 12.0 Å². The first-order valence-electron chi connectivity index (χ1n) is 7.69. The van der Waals surface area contributed by atoms with E-state index >= 15 is 0 Å². The highest BCUT2D eigenvalue weighted by Gasteiger charge is 2.35. The second-order valence-electron chi connectivity index (χ2n) is 6.02. The van der Waals surface area contributed by atoms with Crippen LogP contribution < -0.4 is 5.32 Å². The van der Waals surface area contributed by atoms with E-state index in [0.29, 0.717) is 5.69 Å². The third kappa shape index (κ3) is 2.39. The molecule has 7 heteroatoms. The molecule has 2 atom stereocenters. The van der Waals surface area contributed by atoms with E-state index in [1.54, 1.807) is 0 Å². The maximum absolute atomic E-state index is 14.3. The molecule has 4 rings (SSSR count). The average molecular weight is 346 g/mol. The summed E-state index contributed by atoms with van der Waals surface area (Å²) in [5.74, 6) is -5.28. The molecule has 0 spiro atoms. The summed E-state index contributed by atoms with van der Waals surface area (Å²) in [5.41, 5.74) is 1.92. The van der Waals surface area contributed by atoms with Gasteiger partial charge in [0.2, 0.25) is 0 Å². The smallest absolute Gasteiger partial charge is 0.321 e. The van der Waals surface area contributed by atoms with E-state index in [1.807, 2.05) is 24.3 Å². The molecule has 0 saturated carbocycles. The number of rotatable bonds is 2. The predicted octanol–water partition coefficient (Wildman–Crippen LogP) is 3.27. The van der Waals surface area contributed by atoms with Crippen LogP contribution in [-0.2, 0) is 11.2 Å². The average Bonchev–Trinajstić information content (AvgIpc) is 2.98. The second kappa shape index (κ2) is 5.63. The van der Waals surface area contributed by atoms with Crippen molar-refractivity contribution in [1.29, 1.82) is 0 Å². The number of hydrogen-bond donors (Lipinski definition) is 3. The number of aromatic amines is 1. The Morgan fingerprint density at radius 2 is 1.84 bits per heavy atom. The van der Waals surface area contributed by atoms with Gasteiger partial charge < -0.3 is 10.1 Å². The zero-order chi connectivity index (χ0) is 17.7. The van der Waals surface area contributed by atoms with Crippen molar-refractivity contribution >= 4 is 16.9 Å². The second-order valence-corrected chi connectivity index (χ2v) is 6.02. The lowest BCUT2D eigenvalue weighted by atomic mass is 9.90. The normalized spacial score (nSPS) is 19.8. The molecular formula is C18H13F3N2O2. The number of nitrogens with one attached hydrogen (secondary N) is 2. The number of hydrogen-bond acceptors (Lipinski definition) is 2. The van der Waals surface area contributed by atoms with Gasteiger partial charge in [-0.3, -0.25) is 10.1 Å². The molecule has 0 unspecified atom stereocenters. The molecule has 0 saturated heterocycles. The minimum Gasteiger partial charge on any atom is -0.480 e. The van der Waals surface area contributed by atoms with Gasteiger partial charge in [0.25, 0.3) is 0 Å². The summed E-state index contributed by atoms with van der Waals surface area (Å²) < 4.78 is 41.2. The molecule has 1 aliphatic heterocycles. The largest absolute Gasteiger partial charge is 0.480 e. The van der Waals surface area contributed by atoms with E-state index in [0.717, 1.165) is 28.6 Å². The maximum Gasteiger partial charge on any atom is 0.321 e. The number of carbonyl (C=O) groups is 1. The van der Waals surface area contributed by atoms with Crippen LogP contribution in [0.25, 0.3) is 10.9 Å². The lowest BCUT2D eigenvalue weighted by Crippen LogP contribution is -2.45. The van der Waals surface area contributed by atoms with Gasteiger partial charge >= 0.3 is 5.97 Å². The summed E-state index contributed by atoms with van der Waals surface area (Å²) in [5, 5.41) is 13.1. The van der Waals surface area contributed by atoms with Gasteiger partial charge in [-0.15, -0.1) is 0 Å². The van der Waals surface area contributed by atoms with Crippen LogP contribution in [0.1, 0.15) is 22.9 Å². The van der Waals surface area contributed by atoms with Crippen molar-refractivity contribution in [2.75, 3.05) is 0 Å². The zero-order valence-electron chi connectivity index (χ0n) is 12.8. The van der Waals surface area contributed by atoms with Gasteiger partial charge in [0, 0.05) is 28.6 Å². The lowest BCUT2D eigenvalue weighted by Gasteiger charge is -2.29. The molecular weight excluding hydrogens is 333 g/mol. The maximum atomic E-state index is 14.3. The first-order chi connectivity index (χ1) is 12.0. The SMILES string of the molecule is O=C(O)[C@@H]1Cc2c([nH]c3ccccc23)[C@@H](c2ccc(F)c(F)c2F)N1. The minimum absolute atomic E-state index is 0.141. The molecule has 128 valence electrons. The first kappa shape index (κ1) is 15.7. The molecule has 4 nitrogen and oxygen atoms in total. The van der Waals surface area contributed by atoms with Crippen LogP contribution >= 0.6 is 0 Å². The number of carboxylic acid groups (broad SMARTS) is 1. The summed E-state index contributed by atoms with van der Waals surface area (Å²) in [6.45, 7) is 0. The lowest BCUT2D eigenvalue weighted by molar-refractivity contribution is -0.139. The van der Waals surface area contributed by atoms with E-state index in [9.17, 15) is 23.1 Å². The molecule has 3 aromatic rings. The Hall–Kier alpha value is -2.80. The third-order valence-corrected chi connectivity index (χ3v) is 4.59. The van der Waals surface area contributed by atoms with Crippen molar-refractivity contribution in [2.24, 2.45) is 0 Å². The fourth-order valence-corrected chi connectivity index (χ4v) is 3.40. The molecule has 1 aliphatic rings. The number of para-hydroxylation sites is 1. The molecule has 0 fully saturated rings.